The summed E-state index contributed by atoms with van der Waals surface area (Å²) in [6, 6.07) is 28.1. The van der Waals surface area contributed by atoms with Crippen LogP contribution in [0.3, 0.4) is 0 Å². The van der Waals surface area contributed by atoms with Crippen molar-refractivity contribution < 1.29 is 9.53 Å². The topological polar surface area (TPSA) is 62.1 Å². The number of nitrogens with one attached hydrogen (secondary N) is 1. The predicted octanol–water partition coefficient (Wildman–Crippen LogP) is 4.81. The maximum Gasteiger partial charge on any atom is 0.266 e. The van der Waals surface area contributed by atoms with Crippen LogP contribution >= 0.6 is 0 Å². The summed E-state index contributed by atoms with van der Waals surface area (Å²) >= 11 is 0. The largest absolute Gasteiger partial charge is 0.489 e. The number of nitrogens with zero attached hydrogens (tertiary/aromatic N) is 1. The van der Waals surface area contributed by atoms with Gasteiger partial charge in [0.15, 0.2) is 0 Å². The first-order valence-electron chi connectivity index (χ1n) is 8.49. The third kappa shape index (κ3) is 5.32. The zero-order valence-electron chi connectivity index (χ0n) is 14.6. The second kappa shape index (κ2) is 9.02. The van der Waals surface area contributed by atoms with Crippen molar-refractivity contribution in [3.05, 3.63) is 102 Å². The number of nitriles is 1. The molecule has 0 spiro atoms. The highest BCUT2D eigenvalue weighted by atomic mass is 16.5. The minimum absolute atomic E-state index is 0.0269. The maximum absolute atomic E-state index is 12.3. The number of anilines is 1. The molecule has 4 heteroatoms. The van der Waals surface area contributed by atoms with Gasteiger partial charge in [0, 0.05) is 5.69 Å². The summed E-state index contributed by atoms with van der Waals surface area (Å²) in [6.07, 6.45) is 1.55. The second-order valence-electron chi connectivity index (χ2n) is 5.84. The lowest BCUT2D eigenvalue weighted by Crippen LogP contribution is -2.13. The molecule has 0 unspecified atom stereocenters. The summed E-state index contributed by atoms with van der Waals surface area (Å²) in [7, 11) is 0. The Morgan fingerprint density at radius 1 is 0.963 bits per heavy atom. The number of hydrogen-bond donors (Lipinski definition) is 1. The first-order valence-corrected chi connectivity index (χ1v) is 8.49. The third-order valence-corrected chi connectivity index (χ3v) is 3.81. The molecule has 0 aromatic heterocycles. The molecule has 0 aliphatic heterocycles. The number of carbonyl (C=O) groups is 1. The molecule has 132 valence electrons. The van der Waals surface area contributed by atoms with Crippen molar-refractivity contribution in [3.63, 3.8) is 0 Å². The molecule has 27 heavy (non-hydrogen) atoms. The van der Waals surface area contributed by atoms with E-state index in [1.807, 2.05) is 72.8 Å². The van der Waals surface area contributed by atoms with E-state index in [1.165, 1.54) is 0 Å². The molecule has 0 saturated heterocycles. The molecule has 0 saturated carbocycles. The minimum atomic E-state index is -0.445. The monoisotopic (exact) mass is 354 g/mol. The van der Waals surface area contributed by atoms with Crippen LogP contribution < -0.4 is 10.1 Å². The Morgan fingerprint density at radius 2 is 1.67 bits per heavy atom. The summed E-state index contributed by atoms with van der Waals surface area (Å²) in [5.74, 6) is 0.229. The standard InChI is InChI=1S/C23H18N2O2/c24-16-20(23(26)25-21-11-5-2-6-12-21)14-19-10-7-13-22(15-19)27-17-18-8-3-1-4-9-18/h1-15H,17H2,(H,25,26)/b20-14+. The second-order valence-corrected chi connectivity index (χ2v) is 5.84. The Kier molecular flexibility index (Phi) is 6.00. The van der Waals surface area contributed by atoms with Crippen LogP contribution in [0, 0.1) is 11.3 Å². The molecule has 4 nitrogen and oxygen atoms in total. The van der Waals surface area contributed by atoms with Crippen molar-refractivity contribution in [3.8, 4) is 11.8 Å². The van der Waals surface area contributed by atoms with Crippen LogP contribution in [0.1, 0.15) is 11.1 Å². The van der Waals surface area contributed by atoms with Gasteiger partial charge in [-0.15, -0.1) is 0 Å². The van der Waals surface area contributed by atoms with E-state index in [4.69, 9.17) is 4.74 Å². The molecule has 0 heterocycles. The Morgan fingerprint density at radius 3 is 2.37 bits per heavy atom. The van der Waals surface area contributed by atoms with Crippen molar-refractivity contribution >= 4 is 17.7 Å². The lowest BCUT2D eigenvalue weighted by molar-refractivity contribution is -0.112. The number of carbonyl (C=O) groups excluding carboxylic acids is 1. The Bertz CT molecular complexity index is 974. The van der Waals surface area contributed by atoms with Gasteiger partial charge < -0.3 is 10.1 Å². The maximum atomic E-state index is 12.3. The summed E-state index contributed by atoms with van der Waals surface area (Å²) in [4.78, 5) is 12.3. The van der Waals surface area contributed by atoms with E-state index in [0.717, 1.165) is 11.1 Å². The van der Waals surface area contributed by atoms with Crippen LogP contribution in [0.2, 0.25) is 0 Å². The lowest BCUT2D eigenvalue weighted by atomic mass is 10.1. The van der Waals surface area contributed by atoms with E-state index in [-0.39, 0.29) is 5.57 Å². The molecule has 1 amide bonds. The molecular formula is C23H18N2O2. The normalized spacial score (nSPS) is 10.7. The highest BCUT2D eigenvalue weighted by Crippen LogP contribution is 2.18. The third-order valence-electron chi connectivity index (χ3n) is 3.81. The quantitative estimate of drug-likeness (QED) is 0.510. The number of hydrogen-bond acceptors (Lipinski definition) is 3. The van der Waals surface area contributed by atoms with E-state index in [2.05, 4.69) is 5.32 Å². The van der Waals surface area contributed by atoms with Crippen LogP contribution in [0.25, 0.3) is 6.08 Å². The van der Waals surface area contributed by atoms with Crippen molar-refractivity contribution in [2.45, 2.75) is 6.61 Å². The molecule has 0 fully saturated rings. The molecule has 0 bridgehead atoms. The van der Waals surface area contributed by atoms with E-state index < -0.39 is 5.91 Å². The van der Waals surface area contributed by atoms with E-state index in [1.54, 1.807) is 24.3 Å². The molecule has 0 atom stereocenters. The molecule has 0 radical (unpaired) electrons. The van der Waals surface area contributed by atoms with Gasteiger partial charge in [0.25, 0.3) is 5.91 Å². The highest BCUT2D eigenvalue weighted by Gasteiger charge is 2.09. The average Bonchev–Trinajstić information content (AvgIpc) is 2.72. The number of ether oxygens (including phenoxy) is 1. The summed E-state index contributed by atoms with van der Waals surface area (Å²) < 4.78 is 5.79. The van der Waals surface area contributed by atoms with Crippen molar-refractivity contribution in [1.29, 1.82) is 5.26 Å². The van der Waals surface area contributed by atoms with Gasteiger partial charge in [0.1, 0.15) is 24.0 Å². The molecular weight excluding hydrogens is 336 g/mol. The minimum Gasteiger partial charge on any atom is -0.489 e. The number of rotatable bonds is 6. The van der Waals surface area contributed by atoms with Gasteiger partial charge in [-0.25, -0.2) is 0 Å². The number of para-hydroxylation sites is 1. The van der Waals surface area contributed by atoms with Gasteiger partial charge in [-0.05, 0) is 41.5 Å². The van der Waals surface area contributed by atoms with Crippen LogP contribution in [0.4, 0.5) is 5.69 Å². The van der Waals surface area contributed by atoms with Crippen LogP contribution in [0.5, 0.6) is 5.75 Å². The van der Waals surface area contributed by atoms with Crippen molar-refractivity contribution in [1.82, 2.24) is 0 Å². The predicted molar refractivity (Wildman–Crippen MR) is 106 cm³/mol. The Hall–Kier alpha value is -3.84. The van der Waals surface area contributed by atoms with Gasteiger partial charge in [0.05, 0.1) is 0 Å². The molecule has 3 rings (SSSR count). The summed E-state index contributed by atoms with van der Waals surface area (Å²) in [6.45, 7) is 0.452. The lowest BCUT2D eigenvalue weighted by Gasteiger charge is -2.07. The van der Waals surface area contributed by atoms with Crippen molar-refractivity contribution in [2.75, 3.05) is 5.32 Å². The Labute approximate surface area is 158 Å². The average molecular weight is 354 g/mol. The van der Waals surface area contributed by atoms with Crippen LogP contribution in [-0.4, -0.2) is 5.91 Å². The smallest absolute Gasteiger partial charge is 0.266 e. The van der Waals surface area contributed by atoms with Gasteiger partial charge in [-0.3, -0.25) is 4.79 Å². The van der Waals surface area contributed by atoms with E-state index in [9.17, 15) is 10.1 Å². The van der Waals surface area contributed by atoms with Gasteiger partial charge in [0.2, 0.25) is 0 Å². The fraction of sp³-hybridized carbons (Fsp3) is 0.0435. The fourth-order valence-corrected chi connectivity index (χ4v) is 2.47. The summed E-state index contributed by atoms with van der Waals surface area (Å²) in [5, 5.41) is 12.1. The van der Waals surface area contributed by atoms with Crippen LogP contribution in [0.15, 0.2) is 90.5 Å². The van der Waals surface area contributed by atoms with Crippen LogP contribution in [-0.2, 0) is 11.4 Å². The number of benzene rings is 3. The molecule has 3 aromatic rings. The summed E-state index contributed by atoms with van der Waals surface area (Å²) in [5.41, 5.74) is 2.46. The first kappa shape index (κ1) is 18.0. The van der Waals surface area contributed by atoms with Gasteiger partial charge in [-0.2, -0.15) is 5.26 Å². The SMILES string of the molecule is N#C/C(=C\c1cccc(OCc2ccccc2)c1)C(=O)Nc1ccccc1. The molecule has 3 aromatic carbocycles. The fourth-order valence-electron chi connectivity index (χ4n) is 2.47. The number of amides is 1. The van der Waals surface area contributed by atoms with Gasteiger partial charge in [-0.1, -0.05) is 60.7 Å². The molecule has 0 aliphatic carbocycles. The van der Waals surface area contributed by atoms with E-state index in [0.29, 0.717) is 18.0 Å². The molecule has 1 N–H and O–H groups in total. The Balaban J connectivity index is 1.70. The zero-order valence-corrected chi connectivity index (χ0v) is 14.6. The molecule has 0 aliphatic rings. The highest BCUT2D eigenvalue weighted by molar-refractivity contribution is 6.09. The van der Waals surface area contributed by atoms with Gasteiger partial charge >= 0.3 is 0 Å². The zero-order chi connectivity index (χ0) is 18.9. The van der Waals surface area contributed by atoms with Crippen molar-refractivity contribution in [2.24, 2.45) is 0 Å². The van der Waals surface area contributed by atoms with E-state index >= 15 is 0 Å². The first-order chi connectivity index (χ1) is 13.2.